The van der Waals surface area contributed by atoms with Crippen LogP contribution in [0, 0.1) is 0 Å². The molecule has 0 heterocycles. The van der Waals surface area contributed by atoms with Gasteiger partial charge in [0.1, 0.15) is 6.04 Å². The fourth-order valence-electron chi connectivity index (χ4n) is 1.35. The van der Waals surface area contributed by atoms with E-state index >= 15 is 0 Å². The van der Waals surface area contributed by atoms with Crippen molar-refractivity contribution in [1.29, 1.82) is 0 Å². The van der Waals surface area contributed by atoms with Crippen LogP contribution in [0.3, 0.4) is 0 Å². The zero-order chi connectivity index (χ0) is 13.0. The lowest BCUT2D eigenvalue weighted by Crippen LogP contribution is -2.33. The fraction of sp³-hybridized carbons (Fsp3) is 0.273. The van der Waals surface area contributed by atoms with Gasteiger partial charge in [-0.05, 0) is 24.1 Å². The smallest absolute Gasteiger partial charge is 0.337 e. The summed E-state index contributed by atoms with van der Waals surface area (Å²) in [4.78, 5) is 22.0. The van der Waals surface area contributed by atoms with Crippen LogP contribution < -0.4 is 5.73 Å². The van der Waals surface area contributed by atoms with Crippen LogP contribution in [0.5, 0.6) is 0 Å². The van der Waals surface area contributed by atoms with E-state index in [1.807, 2.05) is 0 Å². The maximum Gasteiger partial charge on any atom is 0.337 e. The summed E-state index contributed by atoms with van der Waals surface area (Å²) in [6, 6.07) is 3.66. The van der Waals surface area contributed by atoms with Gasteiger partial charge in [0.25, 0.3) is 0 Å². The Morgan fingerprint density at radius 2 is 2.18 bits per heavy atom. The predicted molar refractivity (Wildman–Crippen MR) is 62.1 cm³/mol. The first-order chi connectivity index (χ1) is 7.95. The Morgan fingerprint density at radius 3 is 2.71 bits per heavy atom. The highest BCUT2D eigenvalue weighted by molar-refractivity contribution is 6.33. The van der Waals surface area contributed by atoms with Gasteiger partial charge in [0.2, 0.25) is 0 Å². The lowest BCUT2D eigenvalue weighted by atomic mass is 10.0. The number of rotatable bonds is 4. The third-order valence-corrected chi connectivity index (χ3v) is 2.55. The first-order valence-electron chi connectivity index (χ1n) is 4.81. The molecule has 0 unspecified atom stereocenters. The van der Waals surface area contributed by atoms with Crippen LogP contribution >= 0.6 is 11.6 Å². The number of nitrogens with two attached hydrogens (primary N) is 1. The summed E-state index contributed by atoms with van der Waals surface area (Å²) in [5.41, 5.74) is 6.17. The number of benzene rings is 1. The average molecular weight is 258 g/mol. The second-order valence-corrected chi connectivity index (χ2v) is 3.86. The number of carboxylic acids is 1. The molecule has 0 aliphatic heterocycles. The highest BCUT2D eigenvalue weighted by Crippen LogP contribution is 2.18. The van der Waals surface area contributed by atoms with Gasteiger partial charge < -0.3 is 15.6 Å². The number of methoxy groups -OCH3 is 1. The number of carboxylic acid groups (broad SMARTS) is 1. The van der Waals surface area contributed by atoms with Gasteiger partial charge in [0.15, 0.2) is 0 Å². The van der Waals surface area contributed by atoms with Gasteiger partial charge >= 0.3 is 11.9 Å². The molecule has 1 rings (SSSR count). The molecule has 0 aromatic heterocycles. The van der Waals surface area contributed by atoms with Crippen molar-refractivity contribution in [2.75, 3.05) is 7.11 Å². The maximum atomic E-state index is 11.1. The van der Waals surface area contributed by atoms with Gasteiger partial charge in [-0.25, -0.2) is 4.79 Å². The molecule has 6 heteroatoms. The lowest BCUT2D eigenvalue weighted by Gasteiger charge is -2.10. The van der Waals surface area contributed by atoms with Crippen LogP contribution in [0.2, 0.25) is 5.02 Å². The normalized spacial score (nSPS) is 11.9. The fourth-order valence-corrected chi connectivity index (χ4v) is 1.55. The summed E-state index contributed by atoms with van der Waals surface area (Å²) in [5, 5.41) is 9.02. The Hall–Kier alpha value is -1.59. The number of hydrogen-bond donors (Lipinski definition) is 2. The molecule has 0 aliphatic rings. The highest BCUT2D eigenvalue weighted by atomic mass is 35.5. The van der Waals surface area contributed by atoms with Crippen molar-refractivity contribution >= 4 is 23.5 Å². The van der Waals surface area contributed by atoms with E-state index in [1.165, 1.54) is 19.2 Å². The van der Waals surface area contributed by atoms with Gasteiger partial charge in [-0.2, -0.15) is 0 Å². The molecule has 0 spiro atoms. The van der Waals surface area contributed by atoms with Gasteiger partial charge in [0, 0.05) is 0 Å². The molecule has 0 radical (unpaired) electrons. The Balaban J connectivity index is 2.90. The van der Waals surface area contributed by atoms with Gasteiger partial charge in [0.05, 0.1) is 17.7 Å². The standard InChI is InChI=1S/C11H12ClNO4/c1-17-11(16)9(13)5-6-2-3-8(12)7(4-6)10(14)15/h2-4,9H,5,13H2,1H3,(H,14,15)/t9-/m1/s1. The second-order valence-electron chi connectivity index (χ2n) is 3.45. The summed E-state index contributed by atoms with van der Waals surface area (Å²) in [6.45, 7) is 0. The molecule has 92 valence electrons. The first-order valence-corrected chi connectivity index (χ1v) is 5.18. The minimum absolute atomic E-state index is 0.0127. The molecule has 0 saturated heterocycles. The number of carbonyl (C=O) groups excluding carboxylic acids is 1. The molecule has 1 aromatic rings. The van der Waals surface area contributed by atoms with Crippen molar-refractivity contribution in [2.24, 2.45) is 5.73 Å². The maximum absolute atomic E-state index is 11.1. The van der Waals surface area contributed by atoms with Crippen LogP contribution in [-0.4, -0.2) is 30.2 Å². The Labute approximate surface area is 103 Å². The van der Waals surface area contributed by atoms with Crippen molar-refractivity contribution in [3.63, 3.8) is 0 Å². The topological polar surface area (TPSA) is 89.6 Å². The number of aromatic carboxylic acids is 1. The van der Waals surface area contributed by atoms with E-state index in [4.69, 9.17) is 22.4 Å². The Morgan fingerprint density at radius 1 is 1.53 bits per heavy atom. The molecule has 1 aromatic carbocycles. The summed E-state index contributed by atoms with van der Waals surface area (Å²) in [5.74, 6) is -1.67. The summed E-state index contributed by atoms with van der Waals surface area (Å²) in [7, 11) is 1.24. The minimum Gasteiger partial charge on any atom is -0.478 e. The van der Waals surface area contributed by atoms with Gasteiger partial charge in [-0.15, -0.1) is 0 Å². The summed E-state index contributed by atoms with van der Waals surface area (Å²) < 4.78 is 4.48. The molecule has 17 heavy (non-hydrogen) atoms. The van der Waals surface area contributed by atoms with E-state index in [1.54, 1.807) is 6.07 Å². The monoisotopic (exact) mass is 257 g/mol. The molecule has 5 nitrogen and oxygen atoms in total. The molecular weight excluding hydrogens is 246 g/mol. The summed E-state index contributed by atoms with van der Waals surface area (Å²) in [6.07, 6.45) is 0.199. The largest absolute Gasteiger partial charge is 0.478 e. The number of carbonyl (C=O) groups is 2. The summed E-state index contributed by atoms with van der Waals surface area (Å²) >= 11 is 5.71. The van der Waals surface area contributed by atoms with Crippen LogP contribution in [0.4, 0.5) is 0 Å². The minimum atomic E-state index is -1.12. The van der Waals surface area contributed by atoms with E-state index in [9.17, 15) is 9.59 Å². The lowest BCUT2D eigenvalue weighted by molar-refractivity contribution is -0.142. The second kappa shape index (κ2) is 5.65. The van der Waals surface area contributed by atoms with Crippen molar-refractivity contribution in [3.05, 3.63) is 34.3 Å². The van der Waals surface area contributed by atoms with Crippen molar-refractivity contribution in [2.45, 2.75) is 12.5 Å². The third-order valence-electron chi connectivity index (χ3n) is 2.22. The molecule has 0 bridgehead atoms. The number of ether oxygens (including phenoxy) is 1. The molecule has 0 amide bonds. The highest BCUT2D eigenvalue weighted by Gasteiger charge is 2.16. The number of esters is 1. The van der Waals surface area contributed by atoms with E-state index in [-0.39, 0.29) is 17.0 Å². The average Bonchev–Trinajstić information content (AvgIpc) is 2.30. The molecule has 0 fully saturated rings. The number of hydrogen-bond acceptors (Lipinski definition) is 4. The number of halogens is 1. The predicted octanol–water partition coefficient (Wildman–Crippen LogP) is 1.08. The zero-order valence-corrected chi connectivity index (χ0v) is 9.90. The quantitative estimate of drug-likeness (QED) is 0.788. The first kappa shape index (κ1) is 13.5. The van der Waals surface area contributed by atoms with Gasteiger partial charge in [-0.1, -0.05) is 17.7 Å². The van der Waals surface area contributed by atoms with E-state index < -0.39 is 18.0 Å². The van der Waals surface area contributed by atoms with Crippen LogP contribution in [0.1, 0.15) is 15.9 Å². The van der Waals surface area contributed by atoms with E-state index in [2.05, 4.69) is 4.74 Å². The van der Waals surface area contributed by atoms with E-state index in [0.29, 0.717) is 5.56 Å². The molecule has 1 atom stereocenters. The SMILES string of the molecule is COC(=O)[C@H](N)Cc1ccc(Cl)c(C(=O)O)c1. The van der Waals surface area contributed by atoms with Gasteiger partial charge in [-0.3, -0.25) is 4.79 Å². The van der Waals surface area contributed by atoms with E-state index in [0.717, 1.165) is 0 Å². The zero-order valence-electron chi connectivity index (χ0n) is 9.14. The molecule has 0 saturated carbocycles. The van der Waals surface area contributed by atoms with Crippen molar-refractivity contribution < 1.29 is 19.4 Å². The van der Waals surface area contributed by atoms with Crippen LogP contribution in [0.15, 0.2) is 18.2 Å². The molecule has 0 aliphatic carbocycles. The third kappa shape index (κ3) is 3.44. The van der Waals surface area contributed by atoms with Crippen molar-refractivity contribution in [3.8, 4) is 0 Å². The van der Waals surface area contributed by atoms with Crippen molar-refractivity contribution in [1.82, 2.24) is 0 Å². The van der Waals surface area contributed by atoms with Crippen LogP contribution in [0.25, 0.3) is 0 Å². The Kier molecular flexibility index (Phi) is 4.48. The van der Waals surface area contributed by atoms with Crippen LogP contribution in [-0.2, 0) is 16.0 Å². The molecule has 3 N–H and O–H groups in total. The Bertz CT molecular complexity index is 447. The molecular formula is C11H12ClNO4.